The first-order valence-electron chi connectivity index (χ1n) is 7.43. The molecular formula is C17H14FN3O2S. The predicted molar refractivity (Wildman–Crippen MR) is 91.5 cm³/mol. The van der Waals surface area contributed by atoms with Crippen molar-refractivity contribution in [2.45, 2.75) is 12.5 Å². The fraction of sp³-hybridized carbons (Fsp3) is 0.176. The summed E-state index contributed by atoms with van der Waals surface area (Å²) in [6, 6.07) is 11.8. The summed E-state index contributed by atoms with van der Waals surface area (Å²) in [5.41, 5.74) is 8.49. The Kier molecular flexibility index (Phi) is 3.57. The van der Waals surface area contributed by atoms with Gasteiger partial charge in [-0.2, -0.15) is 5.10 Å². The van der Waals surface area contributed by atoms with Gasteiger partial charge < -0.3 is 15.2 Å². The number of hydrazone groups is 1. The molecule has 0 fully saturated rings. The molecule has 1 unspecified atom stereocenters. The van der Waals surface area contributed by atoms with E-state index in [1.807, 2.05) is 18.2 Å². The van der Waals surface area contributed by atoms with Crippen molar-refractivity contribution in [3.8, 4) is 11.5 Å². The molecule has 122 valence electrons. The van der Waals surface area contributed by atoms with Crippen molar-refractivity contribution >= 4 is 23.0 Å². The highest BCUT2D eigenvalue weighted by atomic mass is 32.1. The van der Waals surface area contributed by atoms with Crippen molar-refractivity contribution in [2.75, 3.05) is 6.79 Å². The topological polar surface area (TPSA) is 60.1 Å². The summed E-state index contributed by atoms with van der Waals surface area (Å²) in [7, 11) is 0. The maximum Gasteiger partial charge on any atom is 0.231 e. The smallest absolute Gasteiger partial charge is 0.231 e. The van der Waals surface area contributed by atoms with Crippen LogP contribution in [0.25, 0.3) is 0 Å². The third-order valence-electron chi connectivity index (χ3n) is 4.10. The summed E-state index contributed by atoms with van der Waals surface area (Å²) in [5.74, 6) is 1.14. The lowest BCUT2D eigenvalue weighted by Crippen LogP contribution is -2.31. The number of thiocarbonyl (C=S) groups is 1. The second kappa shape index (κ2) is 5.76. The van der Waals surface area contributed by atoms with Gasteiger partial charge in [0.25, 0.3) is 0 Å². The molecular weight excluding hydrogens is 329 g/mol. The predicted octanol–water partition coefficient (Wildman–Crippen LogP) is 2.95. The SMILES string of the molecule is NC(=S)N1N=C(c2ccc3c(c2)OCO3)CC1c1ccc(F)cc1. The number of hydrogen-bond donors (Lipinski definition) is 1. The van der Waals surface area contributed by atoms with Crippen molar-refractivity contribution < 1.29 is 13.9 Å². The van der Waals surface area contributed by atoms with Crippen molar-refractivity contribution in [1.29, 1.82) is 0 Å². The molecule has 0 aromatic heterocycles. The summed E-state index contributed by atoms with van der Waals surface area (Å²) < 4.78 is 23.9. The Labute approximate surface area is 143 Å². The standard InChI is InChI=1S/C17H14FN3O2S/c18-12-4-1-10(2-5-12)14-8-13(20-21(14)17(19)24)11-3-6-15-16(7-11)23-9-22-15/h1-7,14H,8-9H2,(H2,19,24). The Hall–Kier alpha value is -2.67. The monoisotopic (exact) mass is 343 g/mol. The number of fused-ring (bicyclic) bond motifs is 1. The second-order valence-corrected chi connectivity index (χ2v) is 5.99. The molecule has 7 heteroatoms. The van der Waals surface area contributed by atoms with E-state index in [-0.39, 0.29) is 23.8 Å². The average Bonchev–Trinajstić information content (AvgIpc) is 3.21. The molecule has 2 aromatic carbocycles. The van der Waals surface area contributed by atoms with Gasteiger partial charge in [0.05, 0.1) is 11.8 Å². The van der Waals surface area contributed by atoms with Gasteiger partial charge in [0.15, 0.2) is 16.6 Å². The van der Waals surface area contributed by atoms with Crippen LogP contribution < -0.4 is 15.2 Å². The number of nitrogens with two attached hydrogens (primary N) is 1. The maximum atomic E-state index is 13.2. The number of halogens is 1. The third kappa shape index (κ3) is 2.56. The lowest BCUT2D eigenvalue weighted by Gasteiger charge is -2.21. The first-order chi connectivity index (χ1) is 11.6. The molecule has 1 atom stereocenters. The highest BCUT2D eigenvalue weighted by Crippen LogP contribution is 2.36. The van der Waals surface area contributed by atoms with Crippen LogP contribution >= 0.6 is 12.2 Å². The van der Waals surface area contributed by atoms with E-state index in [9.17, 15) is 4.39 Å². The summed E-state index contributed by atoms with van der Waals surface area (Å²) in [6.45, 7) is 0.225. The number of benzene rings is 2. The minimum Gasteiger partial charge on any atom is -0.454 e. The van der Waals surface area contributed by atoms with Gasteiger partial charge in [0.1, 0.15) is 5.82 Å². The van der Waals surface area contributed by atoms with Crippen LogP contribution in [0.4, 0.5) is 4.39 Å². The molecule has 2 heterocycles. The molecule has 4 rings (SSSR count). The van der Waals surface area contributed by atoms with Crippen LogP contribution in [0.15, 0.2) is 47.6 Å². The van der Waals surface area contributed by atoms with Gasteiger partial charge in [0.2, 0.25) is 6.79 Å². The number of hydrogen-bond acceptors (Lipinski definition) is 4. The van der Waals surface area contributed by atoms with E-state index in [0.717, 1.165) is 22.6 Å². The van der Waals surface area contributed by atoms with Crippen molar-refractivity contribution in [3.63, 3.8) is 0 Å². The molecule has 0 saturated carbocycles. The minimum absolute atomic E-state index is 0.150. The largest absolute Gasteiger partial charge is 0.454 e. The number of nitrogens with zero attached hydrogens (tertiary/aromatic N) is 2. The van der Waals surface area contributed by atoms with Crippen LogP contribution in [-0.4, -0.2) is 22.6 Å². The molecule has 2 aromatic rings. The lowest BCUT2D eigenvalue weighted by atomic mass is 9.98. The summed E-state index contributed by atoms with van der Waals surface area (Å²) in [4.78, 5) is 0. The van der Waals surface area contributed by atoms with Crippen LogP contribution in [0.5, 0.6) is 11.5 Å². The lowest BCUT2D eigenvalue weighted by molar-refractivity contribution is 0.174. The van der Waals surface area contributed by atoms with Gasteiger partial charge in [-0.3, -0.25) is 0 Å². The Bertz CT molecular complexity index is 838. The van der Waals surface area contributed by atoms with E-state index >= 15 is 0 Å². The summed E-state index contributed by atoms with van der Waals surface area (Å²) in [5, 5.41) is 6.34. The van der Waals surface area contributed by atoms with Crippen molar-refractivity contribution in [1.82, 2.24) is 5.01 Å². The summed E-state index contributed by atoms with van der Waals surface area (Å²) in [6.07, 6.45) is 0.614. The maximum absolute atomic E-state index is 13.2. The quantitative estimate of drug-likeness (QED) is 0.850. The van der Waals surface area contributed by atoms with E-state index in [1.54, 1.807) is 17.1 Å². The van der Waals surface area contributed by atoms with Crippen LogP contribution in [-0.2, 0) is 0 Å². The number of rotatable bonds is 2. The van der Waals surface area contributed by atoms with E-state index < -0.39 is 0 Å². The first-order valence-corrected chi connectivity index (χ1v) is 7.84. The molecule has 0 aliphatic carbocycles. The van der Waals surface area contributed by atoms with Crippen LogP contribution in [0.1, 0.15) is 23.6 Å². The summed E-state index contributed by atoms with van der Waals surface area (Å²) >= 11 is 5.12. The van der Waals surface area contributed by atoms with Crippen LogP contribution in [0, 0.1) is 5.82 Å². The van der Waals surface area contributed by atoms with E-state index in [2.05, 4.69) is 5.10 Å². The van der Waals surface area contributed by atoms with Gasteiger partial charge in [0, 0.05) is 12.0 Å². The average molecular weight is 343 g/mol. The minimum atomic E-state index is -0.282. The molecule has 0 bridgehead atoms. The number of ether oxygens (including phenoxy) is 2. The molecule has 5 nitrogen and oxygen atoms in total. The molecule has 0 amide bonds. The van der Waals surface area contributed by atoms with Gasteiger partial charge in [-0.15, -0.1) is 0 Å². The molecule has 0 radical (unpaired) electrons. The normalized spacial score (nSPS) is 18.6. The van der Waals surface area contributed by atoms with Gasteiger partial charge in [-0.05, 0) is 48.1 Å². The van der Waals surface area contributed by atoms with Gasteiger partial charge in [-0.1, -0.05) is 12.1 Å². The molecule has 0 spiro atoms. The Morgan fingerprint density at radius 1 is 1.17 bits per heavy atom. The fourth-order valence-electron chi connectivity index (χ4n) is 2.91. The van der Waals surface area contributed by atoms with Gasteiger partial charge >= 0.3 is 0 Å². The molecule has 2 N–H and O–H groups in total. The fourth-order valence-corrected chi connectivity index (χ4v) is 3.08. The van der Waals surface area contributed by atoms with E-state index in [1.165, 1.54) is 12.1 Å². The van der Waals surface area contributed by atoms with E-state index in [4.69, 9.17) is 27.4 Å². The van der Waals surface area contributed by atoms with E-state index in [0.29, 0.717) is 12.2 Å². The van der Waals surface area contributed by atoms with Crippen molar-refractivity contribution in [2.24, 2.45) is 10.8 Å². The first kappa shape index (κ1) is 14.9. The Morgan fingerprint density at radius 2 is 1.92 bits per heavy atom. The Balaban J connectivity index is 1.66. The van der Waals surface area contributed by atoms with Gasteiger partial charge in [-0.25, -0.2) is 9.40 Å². The highest BCUT2D eigenvalue weighted by molar-refractivity contribution is 7.80. The molecule has 0 saturated heterocycles. The highest BCUT2D eigenvalue weighted by Gasteiger charge is 2.31. The van der Waals surface area contributed by atoms with Crippen LogP contribution in [0.2, 0.25) is 0 Å². The molecule has 2 aliphatic rings. The van der Waals surface area contributed by atoms with Crippen molar-refractivity contribution in [3.05, 3.63) is 59.4 Å². The zero-order valence-electron chi connectivity index (χ0n) is 12.6. The Morgan fingerprint density at radius 3 is 2.67 bits per heavy atom. The third-order valence-corrected chi connectivity index (χ3v) is 4.28. The zero-order valence-corrected chi connectivity index (χ0v) is 13.4. The zero-order chi connectivity index (χ0) is 16.7. The second-order valence-electron chi connectivity index (χ2n) is 5.57. The molecule has 24 heavy (non-hydrogen) atoms. The molecule has 2 aliphatic heterocycles. The van der Waals surface area contributed by atoms with Crippen LogP contribution in [0.3, 0.4) is 0 Å².